The lowest BCUT2D eigenvalue weighted by atomic mass is 10.0. The zero-order chi connectivity index (χ0) is 20.4. The van der Waals surface area contributed by atoms with Crippen LogP contribution in [0.3, 0.4) is 0 Å². The molecule has 1 aromatic rings. The molecule has 6 nitrogen and oxygen atoms in total. The molecule has 0 amide bonds. The van der Waals surface area contributed by atoms with Crippen LogP contribution in [0.15, 0.2) is 29.3 Å². The maximum absolute atomic E-state index is 5.53. The molecule has 7 heteroatoms. The van der Waals surface area contributed by atoms with E-state index in [1.807, 2.05) is 6.07 Å². The molecular formula is C22H39IN4O2. The Bertz CT molecular complexity index is 604. The molecule has 1 aromatic carbocycles. The van der Waals surface area contributed by atoms with E-state index in [1.54, 1.807) is 7.11 Å². The number of hydrogen-bond acceptors (Lipinski definition) is 4. The van der Waals surface area contributed by atoms with E-state index in [4.69, 9.17) is 14.5 Å². The van der Waals surface area contributed by atoms with Crippen molar-refractivity contribution in [1.82, 2.24) is 15.1 Å². The van der Waals surface area contributed by atoms with Gasteiger partial charge in [-0.2, -0.15) is 0 Å². The number of halogens is 1. The third-order valence-electron chi connectivity index (χ3n) is 5.40. The second-order valence-corrected chi connectivity index (χ2v) is 7.32. The van der Waals surface area contributed by atoms with Crippen LogP contribution in [-0.2, 0) is 4.74 Å². The van der Waals surface area contributed by atoms with Crippen molar-refractivity contribution < 1.29 is 9.47 Å². The molecule has 29 heavy (non-hydrogen) atoms. The van der Waals surface area contributed by atoms with Gasteiger partial charge in [0.15, 0.2) is 5.96 Å². The first-order valence-electron chi connectivity index (χ1n) is 10.6. The first-order chi connectivity index (χ1) is 13.6. The summed E-state index contributed by atoms with van der Waals surface area (Å²) in [6.45, 7) is 12.8. The van der Waals surface area contributed by atoms with Crippen molar-refractivity contribution in [2.24, 2.45) is 10.9 Å². The lowest BCUT2D eigenvalue weighted by molar-refractivity contribution is 0.181. The highest BCUT2D eigenvalue weighted by Gasteiger charge is 2.21. The van der Waals surface area contributed by atoms with Crippen LogP contribution in [0.1, 0.15) is 38.8 Å². The predicted octanol–water partition coefficient (Wildman–Crippen LogP) is 3.63. The maximum atomic E-state index is 5.53. The van der Waals surface area contributed by atoms with Gasteiger partial charge in [-0.25, -0.2) is 0 Å². The van der Waals surface area contributed by atoms with Gasteiger partial charge in [-0.3, -0.25) is 9.89 Å². The zero-order valence-electron chi connectivity index (χ0n) is 18.7. The number of likely N-dealkylation sites (N-methyl/N-ethyl adjacent to an activating group) is 1. The quantitative estimate of drug-likeness (QED) is 0.291. The molecule has 1 aliphatic heterocycles. The minimum Gasteiger partial charge on any atom is -0.497 e. The Morgan fingerprint density at radius 2 is 2.07 bits per heavy atom. The minimum atomic E-state index is 0. The van der Waals surface area contributed by atoms with E-state index < -0.39 is 0 Å². The van der Waals surface area contributed by atoms with Crippen molar-refractivity contribution in [3.8, 4) is 5.75 Å². The van der Waals surface area contributed by atoms with Crippen molar-refractivity contribution in [1.29, 1.82) is 0 Å². The highest BCUT2D eigenvalue weighted by molar-refractivity contribution is 14.0. The molecule has 0 bridgehead atoms. The molecule has 1 aliphatic rings. The molecule has 1 saturated heterocycles. The van der Waals surface area contributed by atoms with Crippen molar-refractivity contribution in [2.75, 3.05) is 60.1 Å². The fourth-order valence-electron chi connectivity index (χ4n) is 3.79. The molecule has 2 atom stereocenters. The zero-order valence-corrected chi connectivity index (χ0v) is 21.0. The number of nitrogens with one attached hydrogen (secondary N) is 1. The smallest absolute Gasteiger partial charge is 0.193 e. The van der Waals surface area contributed by atoms with Crippen LogP contribution in [0.5, 0.6) is 5.75 Å². The van der Waals surface area contributed by atoms with Crippen molar-refractivity contribution in [3.63, 3.8) is 0 Å². The molecule has 1 fully saturated rings. The Hall–Kier alpha value is -1.06. The lowest BCUT2D eigenvalue weighted by Gasteiger charge is -2.30. The molecule has 2 unspecified atom stereocenters. The van der Waals surface area contributed by atoms with Crippen LogP contribution in [0, 0.1) is 5.92 Å². The van der Waals surface area contributed by atoms with Crippen LogP contribution < -0.4 is 10.1 Å². The summed E-state index contributed by atoms with van der Waals surface area (Å²) in [5.74, 6) is 2.45. The molecule has 0 radical (unpaired) electrons. The summed E-state index contributed by atoms with van der Waals surface area (Å²) < 4.78 is 11.0. The number of hydrogen-bond donors (Lipinski definition) is 1. The summed E-state index contributed by atoms with van der Waals surface area (Å²) in [6.07, 6.45) is 1.13. The lowest BCUT2D eigenvalue weighted by Crippen LogP contribution is -2.42. The van der Waals surface area contributed by atoms with Gasteiger partial charge in [0.2, 0.25) is 0 Å². The van der Waals surface area contributed by atoms with Crippen LogP contribution in [-0.4, -0.2) is 75.9 Å². The van der Waals surface area contributed by atoms with Gasteiger partial charge < -0.3 is 19.7 Å². The summed E-state index contributed by atoms with van der Waals surface area (Å²) in [5.41, 5.74) is 1.24. The van der Waals surface area contributed by atoms with E-state index in [1.165, 1.54) is 5.56 Å². The normalized spacial score (nSPS) is 17.7. The van der Waals surface area contributed by atoms with Gasteiger partial charge in [-0.1, -0.05) is 26.0 Å². The number of rotatable bonds is 10. The first-order valence-corrected chi connectivity index (χ1v) is 10.6. The molecule has 2 rings (SSSR count). The summed E-state index contributed by atoms with van der Waals surface area (Å²) in [5, 5.41) is 3.45. The van der Waals surface area contributed by atoms with E-state index in [9.17, 15) is 0 Å². The molecule has 0 aliphatic carbocycles. The second-order valence-electron chi connectivity index (χ2n) is 7.32. The van der Waals surface area contributed by atoms with Gasteiger partial charge in [-0.15, -0.1) is 24.0 Å². The van der Waals surface area contributed by atoms with Gasteiger partial charge in [0.05, 0.1) is 26.3 Å². The largest absolute Gasteiger partial charge is 0.497 e. The Kier molecular flexibility index (Phi) is 12.6. The number of guanidine groups is 1. The highest BCUT2D eigenvalue weighted by atomic mass is 127. The summed E-state index contributed by atoms with van der Waals surface area (Å²) in [4.78, 5) is 9.71. The van der Waals surface area contributed by atoms with Gasteiger partial charge in [0.1, 0.15) is 5.75 Å². The summed E-state index contributed by atoms with van der Waals surface area (Å²) in [6, 6.07) is 8.58. The highest BCUT2D eigenvalue weighted by Crippen LogP contribution is 2.25. The molecule has 1 heterocycles. The standard InChI is InChI=1S/C22H38N4O2.HI/c1-6-23-22(25(4)16-18-12-13-28-17-18)24-15-21(26(7-2)8-3)19-10-9-11-20(14-19)27-5;/h9-11,14,18,21H,6-8,12-13,15-17H2,1-5H3,(H,23,24);1H. The Balaban J connectivity index is 0.00000420. The number of methoxy groups -OCH3 is 1. The van der Waals surface area contributed by atoms with Crippen molar-refractivity contribution >= 4 is 29.9 Å². The van der Waals surface area contributed by atoms with Crippen LogP contribution in [0.2, 0.25) is 0 Å². The Morgan fingerprint density at radius 3 is 2.66 bits per heavy atom. The molecule has 166 valence electrons. The number of aliphatic imine (C=N–C) groups is 1. The number of nitrogens with zero attached hydrogens (tertiary/aromatic N) is 3. The average Bonchev–Trinajstić information content (AvgIpc) is 3.23. The third kappa shape index (κ3) is 7.94. The topological polar surface area (TPSA) is 49.3 Å². The molecule has 0 saturated carbocycles. The predicted molar refractivity (Wildman–Crippen MR) is 132 cm³/mol. The van der Waals surface area contributed by atoms with E-state index in [2.05, 4.69) is 61.1 Å². The van der Waals surface area contributed by atoms with Crippen molar-refractivity contribution in [3.05, 3.63) is 29.8 Å². The van der Waals surface area contributed by atoms with Gasteiger partial charge >= 0.3 is 0 Å². The number of ether oxygens (including phenoxy) is 2. The van der Waals surface area contributed by atoms with Gasteiger partial charge in [0.25, 0.3) is 0 Å². The summed E-state index contributed by atoms with van der Waals surface area (Å²) in [7, 11) is 3.84. The minimum absolute atomic E-state index is 0. The fraction of sp³-hybridized carbons (Fsp3) is 0.682. The fourth-order valence-corrected chi connectivity index (χ4v) is 3.79. The van der Waals surface area contributed by atoms with Crippen LogP contribution in [0.25, 0.3) is 0 Å². The molecule has 1 N–H and O–H groups in total. The monoisotopic (exact) mass is 518 g/mol. The molecule has 0 aromatic heterocycles. The van der Waals surface area contributed by atoms with Crippen molar-refractivity contribution in [2.45, 2.75) is 33.2 Å². The average molecular weight is 518 g/mol. The van der Waals surface area contributed by atoms with Gasteiger partial charge in [-0.05, 0) is 44.1 Å². The first kappa shape index (κ1) is 26.0. The molecular weight excluding hydrogens is 479 g/mol. The van der Waals surface area contributed by atoms with E-state index >= 15 is 0 Å². The third-order valence-corrected chi connectivity index (χ3v) is 5.40. The van der Waals surface area contributed by atoms with Gasteiger partial charge in [0, 0.05) is 32.7 Å². The van der Waals surface area contributed by atoms with Crippen LogP contribution >= 0.6 is 24.0 Å². The summed E-state index contributed by atoms with van der Waals surface area (Å²) >= 11 is 0. The Labute approximate surface area is 194 Å². The SMILES string of the molecule is CCNC(=NCC(c1cccc(OC)c1)N(CC)CC)N(C)CC1CCOC1.I. The second kappa shape index (κ2) is 14.0. The van der Waals surface area contributed by atoms with E-state index in [0.29, 0.717) is 12.5 Å². The van der Waals surface area contributed by atoms with Crippen LogP contribution in [0.4, 0.5) is 0 Å². The Morgan fingerprint density at radius 1 is 1.31 bits per heavy atom. The number of benzene rings is 1. The maximum Gasteiger partial charge on any atom is 0.193 e. The van der Waals surface area contributed by atoms with E-state index in [0.717, 1.165) is 57.5 Å². The van der Waals surface area contributed by atoms with E-state index in [-0.39, 0.29) is 30.0 Å². The molecule has 0 spiro atoms.